The van der Waals surface area contributed by atoms with Gasteiger partial charge in [0.15, 0.2) is 0 Å². The van der Waals surface area contributed by atoms with Gasteiger partial charge in [0, 0.05) is 11.0 Å². The topological polar surface area (TPSA) is 74.8 Å². The first-order chi connectivity index (χ1) is 14.8. The summed E-state index contributed by atoms with van der Waals surface area (Å²) in [6, 6.07) is 16.3. The maximum atomic E-state index is 13.4. The van der Waals surface area contributed by atoms with Crippen LogP contribution < -0.4 is 4.90 Å². The lowest BCUT2D eigenvalue weighted by Crippen LogP contribution is -2.44. The van der Waals surface area contributed by atoms with Gasteiger partial charge < -0.3 is 0 Å². The number of nitrogens with zero attached hydrogens (tertiary/aromatic N) is 2. The number of hydrogen-bond acceptors (Lipinski definition) is 5. The molecule has 1 aliphatic rings. The lowest BCUT2D eigenvalue weighted by atomic mass is 10.1. The van der Waals surface area contributed by atoms with Gasteiger partial charge >= 0.3 is 0 Å². The Kier molecular flexibility index (Phi) is 6.11. The van der Waals surface area contributed by atoms with Crippen molar-refractivity contribution in [2.45, 2.75) is 30.1 Å². The second-order valence-corrected chi connectivity index (χ2v) is 11.2. The van der Waals surface area contributed by atoms with Gasteiger partial charge in [-0.1, -0.05) is 51.8 Å². The molecule has 9 heteroatoms. The molecule has 4 rings (SSSR count). The lowest BCUT2D eigenvalue weighted by Gasteiger charge is -2.26. The molecular weight excluding hydrogens is 500 g/mol. The molecular formula is C22H19BrN2O4S2. The zero-order valence-corrected chi connectivity index (χ0v) is 19.8. The Morgan fingerprint density at radius 1 is 1.06 bits per heavy atom. The minimum Gasteiger partial charge on any atom is -0.274 e. The fourth-order valence-electron chi connectivity index (χ4n) is 3.46. The van der Waals surface area contributed by atoms with E-state index in [1.807, 2.05) is 31.2 Å². The van der Waals surface area contributed by atoms with Crippen molar-refractivity contribution in [3.63, 3.8) is 0 Å². The number of hydrogen-bond donors (Lipinski definition) is 0. The third-order valence-corrected chi connectivity index (χ3v) is 8.83. The van der Waals surface area contributed by atoms with E-state index in [2.05, 4.69) is 15.9 Å². The number of carbonyl (C=O) groups excluding carboxylic acids is 2. The first-order valence-electron chi connectivity index (χ1n) is 9.50. The summed E-state index contributed by atoms with van der Waals surface area (Å²) in [5.41, 5.74) is 2.21. The highest BCUT2D eigenvalue weighted by molar-refractivity contribution is 9.10. The molecule has 1 aliphatic heterocycles. The quantitative estimate of drug-likeness (QED) is 0.454. The molecule has 1 aromatic heterocycles. The number of halogens is 1. The van der Waals surface area contributed by atoms with E-state index in [4.69, 9.17) is 0 Å². The zero-order valence-electron chi connectivity index (χ0n) is 16.6. The number of imide groups is 1. The van der Waals surface area contributed by atoms with Crippen LogP contribution in [0.3, 0.4) is 0 Å². The standard InChI is InChI=1S/C22H19BrN2O4S2/c1-15-4-6-16(7-5-15)14-24(31(28,29)21-3-2-12-30-21)19-13-20(26)25(22(19)27)18-10-8-17(23)9-11-18/h2-12,19H,13-14H2,1H3. The van der Waals surface area contributed by atoms with Gasteiger partial charge in [0.25, 0.3) is 15.9 Å². The largest absolute Gasteiger partial charge is 0.274 e. The number of amides is 2. The lowest BCUT2D eigenvalue weighted by molar-refractivity contribution is -0.122. The molecule has 1 saturated heterocycles. The second kappa shape index (κ2) is 8.66. The molecule has 0 aliphatic carbocycles. The molecule has 0 saturated carbocycles. The number of sulfonamides is 1. The molecule has 6 nitrogen and oxygen atoms in total. The van der Waals surface area contributed by atoms with E-state index in [0.717, 1.165) is 36.1 Å². The molecule has 2 aromatic carbocycles. The Labute approximate surface area is 193 Å². The molecule has 2 heterocycles. The number of benzene rings is 2. The van der Waals surface area contributed by atoms with Gasteiger partial charge in [-0.25, -0.2) is 13.3 Å². The van der Waals surface area contributed by atoms with Crippen LogP contribution >= 0.6 is 27.3 Å². The summed E-state index contributed by atoms with van der Waals surface area (Å²) in [4.78, 5) is 27.1. The predicted octanol–water partition coefficient (Wildman–Crippen LogP) is 4.34. The molecule has 1 fully saturated rings. The monoisotopic (exact) mass is 518 g/mol. The Hall–Kier alpha value is -2.33. The summed E-state index contributed by atoms with van der Waals surface area (Å²) in [5.74, 6) is -0.966. The van der Waals surface area contributed by atoms with Gasteiger partial charge in [0.2, 0.25) is 5.91 Å². The first-order valence-corrected chi connectivity index (χ1v) is 12.6. The van der Waals surface area contributed by atoms with Crippen molar-refractivity contribution < 1.29 is 18.0 Å². The fourth-order valence-corrected chi connectivity index (χ4v) is 6.42. The fraction of sp³-hybridized carbons (Fsp3) is 0.182. The van der Waals surface area contributed by atoms with Crippen molar-refractivity contribution >= 4 is 54.8 Å². The average molecular weight is 519 g/mol. The molecule has 3 aromatic rings. The van der Waals surface area contributed by atoms with Crippen LogP contribution in [0.25, 0.3) is 0 Å². The van der Waals surface area contributed by atoms with Crippen molar-refractivity contribution in [1.29, 1.82) is 0 Å². The maximum Gasteiger partial charge on any atom is 0.253 e. The number of anilines is 1. The van der Waals surface area contributed by atoms with Crippen LogP contribution in [0.15, 0.2) is 74.7 Å². The predicted molar refractivity (Wildman–Crippen MR) is 123 cm³/mol. The third kappa shape index (κ3) is 4.36. The van der Waals surface area contributed by atoms with E-state index in [1.165, 1.54) is 6.07 Å². The summed E-state index contributed by atoms with van der Waals surface area (Å²) >= 11 is 4.42. The van der Waals surface area contributed by atoms with Crippen molar-refractivity contribution in [2.24, 2.45) is 0 Å². The van der Waals surface area contributed by atoms with Crippen LogP contribution in [0.2, 0.25) is 0 Å². The normalized spacial score (nSPS) is 17.0. The number of rotatable bonds is 6. The van der Waals surface area contributed by atoms with Crippen LogP contribution in [0, 0.1) is 6.92 Å². The summed E-state index contributed by atoms with van der Waals surface area (Å²) in [6.45, 7) is 1.94. The van der Waals surface area contributed by atoms with Crippen LogP contribution in [0.1, 0.15) is 17.5 Å². The molecule has 0 N–H and O–H groups in total. The van der Waals surface area contributed by atoms with Gasteiger partial charge in [-0.3, -0.25) is 9.59 Å². The van der Waals surface area contributed by atoms with E-state index in [1.54, 1.807) is 35.7 Å². The second-order valence-electron chi connectivity index (χ2n) is 7.23. The van der Waals surface area contributed by atoms with Crippen LogP contribution in [-0.4, -0.2) is 30.6 Å². The van der Waals surface area contributed by atoms with Gasteiger partial charge in [-0.05, 0) is 48.2 Å². The molecule has 1 atom stereocenters. The Morgan fingerprint density at radius 2 is 1.74 bits per heavy atom. The molecule has 0 bridgehead atoms. The Balaban J connectivity index is 1.72. The number of thiophene rings is 1. The van der Waals surface area contributed by atoms with Gasteiger partial charge in [-0.15, -0.1) is 11.3 Å². The minimum absolute atomic E-state index is 0.00161. The summed E-state index contributed by atoms with van der Waals surface area (Å²) in [7, 11) is -3.97. The summed E-state index contributed by atoms with van der Waals surface area (Å²) in [5, 5.41) is 1.67. The summed E-state index contributed by atoms with van der Waals surface area (Å²) < 4.78 is 29.0. The molecule has 1 unspecified atom stereocenters. The third-order valence-electron chi connectivity index (χ3n) is 5.07. The zero-order chi connectivity index (χ0) is 22.2. The van der Waals surface area contributed by atoms with Crippen molar-refractivity contribution in [3.05, 3.63) is 81.6 Å². The highest BCUT2D eigenvalue weighted by atomic mass is 79.9. The number of carbonyl (C=O) groups is 2. The van der Waals surface area contributed by atoms with Crippen molar-refractivity contribution in [2.75, 3.05) is 4.90 Å². The van der Waals surface area contributed by atoms with Crippen molar-refractivity contribution in [1.82, 2.24) is 4.31 Å². The van der Waals surface area contributed by atoms with Gasteiger partial charge in [-0.2, -0.15) is 4.31 Å². The van der Waals surface area contributed by atoms with E-state index >= 15 is 0 Å². The Morgan fingerprint density at radius 3 is 2.35 bits per heavy atom. The summed E-state index contributed by atoms with van der Waals surface area (Å²) in [6.07, 6.45) is -0.203. The van der Waals surface area contributed by atoms with Gasteiger partial charge in [0.05, 0.1) is 12.1 Å². The molecule has 0 radical (unpaired) electrons. The van der Waals surface area contributed by atoms with E-state index < -0.39 is 27.9 Å². The van der Waals surface area contributed by atoms with Crippen LogP contribution in [0.4, 0.5) is 5.69 Å². The van der Waals surface area contributed by atoms with Crippen molar-refractivity contribution in [3.8, 4) is 0 Å². The smallest absolute Gasteiger partial charge is 0.253 e. The Bertz CT molecular complexity index is 1210. The van der Waals surface area contributed by atoms with Crippen LogP contribution in [0.5, 0.6) is 0 Å². The SMILES string of the molecule is Cc1ccc(CN(C2CC(=O)N(c3ccc(Br)cc3)C2=O)S(=O)(=O)c2cccs2)cc1. The maximum absolute atomic E-state index is 13.4. The molecule has 31 heavy (non-hydrogen) atoms. The molecule has 160 valence electrons. The highest BCUT2D eigenvalue weighted by Crippen LogP contribution is 2.32. The first kappa shape index (κ1) is 21.9. The van der Waals surface area contributed by atoms with Gasteiger partial charge in [0.1, 0.15) is 10.3 Å². The van der Waals surface area contributed by atoms with Crippen LogP contribution in [-0.2, 0) is 26.2 Å². The molecule has 2 amide bonds. The van der Waals surface area contributed by atoms with E-state index in [9.17, 15) is 18.0 Å². The van der Waals surface area contributed by atoms with E-state index in [-0.39, 0.29) is 17.2 Å². The molecule has 0 spiro atoms. The highest BCUT2D eigenvalue weighted by Gasteiger charge is 2.47. The van der Waals surface area contributed by atoms with E-state index in [0.29, 0.717) is 5.69 Å². The average Bonchev–Trinajstić information content (AvgIpc) is 3.37. The number of aryl methyl sites for hydroxylation is 1. The minimum atomic E-state index is -3.97.